The summed E-state index contributed by atoms with van der Waals surface area (Å²) in [5.41, 5.74) is 8.29. The third kappa shape index (κ3) is 1.52. The van der Waals surface area contributed by atoms with Gasteiger partial charge in [0.25, 0.3) is 0 Å². The van der Waals surface area contributed by atoms with E-state index < -0.39 is 0 Å². The number of nitrogens with two attached hydrogens (primary N) is 1. The zero-order valence-corrected chi connectivity index (χ0v) is 10.8. The van der Waals surface area contributed by atoms with Crippen LogP contribution in [0.25, 0.3) is 11.3 Å². The third-order valence-electron chi connectivity index (χ3n) is 3.07. The Morgan fingerprint density at radius 2 is 2.25 bits per heavy atom. The Balaban J connectivity index is 2.08. The molecule has 84 valence electrons. The summed E-state index contributed by atoms with van der Waals surface area (Å²) >= 11 is 3.70. The summed E-state index contributed by atoms with van der Waals surface area (Å²) in [5, 5.41) is 3.37. The summed E-state index contributed by atoms with van der Waals surface area (Å²) in [6, 6.07) is 2.20. The number of thiophene rings is 1. The van der Waals surface area contributed by atoms with E-state index in [1.807, 2.05) is 22.7 Å². The summed E-state index contributed by atoms with van der Waals surface area (Å²) in [6.45, 7) is 2.84. The van der Waals surface area contributed by atoms with E-state index in [1.165, 1.54) is 32.4 Å². The Morgan fingerprint density at radius 1 is 1.44 bits per heavy atom. The highest BCUT2D eigenvalue weighted by Gasteiger charge is 2.22. The van der Waals surface area contributed by atoms with Crippen molar-refractivity contribution in [1.29, 1.82) is 0 Å². The van der Waals surface area contributed by atoms with Crippen molar-refractivity contribution < 1.29 is 0 Å². The second kappa shape index (κ2) is 3.95. The van der Waals surface area contributed by atoms with Gasteiger partial charge in [0.15, 0.2) is 0 Å². The molecule has 3 rings (SSSR count). The molecule has 1 aliphatic rings. The highest BCUT2D eigenvalue weighted by atomic mass is 32.1. The van der Waals surface area contributed by atoms with Gasteiger partial charge < -0.3 is 5.73 Å². The average Bonchev–Trinajstić information content (AvgIpc) is 2.92. The quantitative estimate of drug-likeness (QED) is 0.889. The molecule has 0 saturated heterocycles. The molecule has 1 unspecified atom stereocenters. The van der Waals surface area contributed by atoms with Crippen LogP contribution >= 0.6 is 22.7 Å². The highest BCUT2D eigenvalue weighted by molar-refractivity contribution is 7.12. The summed E-state index contributed by atoms with van der Waals surface area (Å²) < 4.78 is 0. The minimum Gasteiger partial charge on any atom is -0.330 e. The molecule has 0 aliphatic heterocycles. The summed E-state index contributed by atoms with van der Waals surface area (Å²) in [6.07, 6.45) is 2.33. The maximum atomic E-state index is 5.71. The molecule has 0 saturated carbocycles. The van der Waals surface area contributed by atoms with Gasteiger partial charge in [-0.1, -0.05) is 6.92 Å². The van der Waals surface area contributed by atoms with Crippen LogP contribution in [-0.4, -0.2) is 11.5 Å². The first-order valence-electron chi connectivity index (χ1n) is 5.56. The summed E-state index contributed by atoms with van der Waals surface area (Å²) in [5.74, 6) is 0.387. The Bertz CT molecular complexity index is 513. The molecule has 0 radical (unpaired) electrons. The van der Waals surface area contributed by atoms with Crippen molar-refractivity contribution in [3.05, 3.63) is 26.2 Å². The Hall–Kier alpha value is -0.710. The van der Waals surface area contributed by atoms with E-state index in [-0.39, 0.29) is 0 Å². The molecule has 16 heavy (non-hydrogen) atoms. The molecule has 0 amide bonds. The molecule has 0 bridgehead atoms. The van der Waals surface area contributed by atoms with Gasteiger partial charge in [-0.2, -0.15) is 0 Å². The van der Waals surface area contributed by atoms with Crippen molar-refractivity contribution in [1.82, 2.24) is 4.98 Å². The number of thiazole rings is 1. The van der Waals surface area contributed by atoms with Gasteiger partial charge in [0.2, 0.25) is 0 Å². The Labute approximate surface area is 103 Å². The van der Waals surface area contributed by atoms with Gasteiger partial charge in [0.05, 0.1) is 10.7 Å². The SMILES string of the molecule is CC(CN)c1nc2c(s1)CCc1sccc1-2. The van der Waals surface area contributed by atoms with Crippen molar-refractivity contribution >= 4 is 22.7 Å². The first-order chi connectivity index (χ1) is 7.79. The average molecular weight is 250 g/mol. The van der Waals surface area contributed by atoms with Crippen molar-refractivity contribution in [3.63, 3.8) is 0 Å². The van der Waals surface area contributed by atoms with Gasteiger partial charge in [0, 0.05) is 27.8 Å². The Kier molecular flexibility index (Phi) is 2.58. The molecule has 2 heterocycles. The van der Waals surface area contributed by atoms with Crippen molar-refractivity contribution in [2.24, 2.45) is 5.73 Å². The van der Waals surface area contributed by atoms with Crippen molar-refractivity contribution in [3.8, 4) is 11.3 Å². The zero-order chi connectivity index (χ0) is 11.1. The lowest BCUT2D eigenvalue weighted by atomic mass is 10.0. The molecule has 0 aromatic carbocycles. The first kappa shape index (κ1) is 10.4. The molecule has 2 aromatic heterocycles. The molecule has 0 spiro atoms. The van der Waals surface area contributed by atoms with Crippen molar-refractivity contribution in [2.75, 3.05) is 6.54 Å². The van der Waals surface area contributed by atoms with E-state index in [0.717, 1.165) is 6.42 Å². The number of hydrogen-bond donors (Lipinski definition) is 1. The van der Waals surface area contributed by atoms with E-state index in [1.54, 1.807) is 0 Å². The van der Waals surface area contributed by atoms with E-state index >= 15 is 0 Å². The number of aromatic nitrogens is 1. The minimum absolute atomic E-state index is 0.387. The fraction of sp³-hybridized carbons (Fsp3) is 0.417. The molecule has 2 N–H and O–H groups in total. The molecule has 0 fully saturated rings. The van der Waals surface area contributed by atoms with Crippen LogP contribution in [0.3, 0.4) is 0 Å². The zero-order valence-electron chi connectivity index (χ0n) is 9.19. The topological polar surface area (TPSA) is 38.9 Å². The molecule has 4 heteroatoms. The second-order valence-corrected chi connectivity index (χ2v) is 6.33. The lowest BCUT2D eigenvalue weighted by molar-refractivity contribution is 0.766. The van der Waals surface area contributed by atoms with Crippen LogP contribution in [0.5, 0.6) is 0 Å². The largest absolute Gasteiger partial charge is 0.330 e. The maximum absolute atomic E-state index is 5.71. The number of rotatable bonds is 2. The van der Waals surface area contributed by atoms with E-state index in [9.17, 15) is 0 Å². The van der Waals surface area contributed by atoms with Gasteiger partial charge in [-0.25, -0.2) is 4.98 Å². The van der Waals surface area contributed by atoms with Gasteiger partial charge in [-0.15, -0.1) is 22.7 Å². The van der Waals surface area contributed by atoms with Crippen LogP contribution in [0.4, 0.5) is 0 Å². The van der Waals surface area contributed by atoms with Crippen LogP contribution in [-0.2, 0) is 12.8 Å². The minimum atomic E-state index is 0.387. The van der Waals surface area contributed by atoms with Gasteiger partial charge in [-0.3, -0.25) is 0 Å². The number of nitrogens with zero attached hydrogens (tertiary/aromatic N) is 1. The number of fused-ring (bicyclic) bond motifs is 3. The molecule has 2 nitrogen and oxygen atoms in total. The molecule has 1 atom stereocenters. The summed E-state index contributed by atoms with van der Waals surface area (Å²) in [7, 11) is 0. The van der Waals surface area contributed by atoms with Crippen LogP contribution in [0.2, 0.25) is 0 Å². The first-order valence-corrected chi connectivity index (χ1v) is 7.25. The van der Waals surface area contributed by atoms with Gasteiger partial charge in [-0.05, 0) is 24.3 Å². The van der Waals surface area contributed by atoms with Crippen molar-refractivity contribution in [2.45, 2.75) is 25.7 Å². The van der Waals surface area contributed by atoms with Crippen LogP contribution < -0.4 is 5.73 Å². The molecular formula is C12H14N2S2. The predicted molar refractivity (Wildman–Crippen MR) is 70.3 cm³/mol. The fourth-order valence-electron chi connectivity index (χ4n) is 2.03. The third-order valence-corrected chi connectivity index (χ3v) is 5.40. The van der Waals surface area contributed by atoms with Gasteiger partial charge in [0.1, 0.15) is 0 Å². The van der Waals surface area contributed by atoms with Crippen LogP contribution in [0, 0.1) is 0 Å². The molecule has 2 aromatic rings. The van der Waals surface area contributed by atoms with E-state index in [2.05, 4.69) is 18.4 Å². The smallest absolute Gasteiger partial charge is 0.0976 e. The maximum Gasteiger partial charge on any atom is 0.0976 e. The number of hydrogen-bond acceptors (Lipinski definition) is 4. The molecular weight excluding hydrogens is 236 g/mol. The lowest BCUT2D eigenvalue weighted by Crippen LogP contribution is -2.08. The van der Waals surface area contributed by atoms with Crippen LogP contribution in [0.1, 0.15) is 27.6 Å². The lowest BCUT2D eigenvalue weighted by Gasteiger charge is -2.09. The van der Waals surface area contributed by atoms with E-state index in [0.29, 0.717) is 12.5 Å². The molecule has 1 aliphatic carbocycles. The van der Waals surface area contributed by atoms with E-state index in [4.69, 9.17) is 10.7 Å². The monoisotopic (exact) mass is 250 g/mol. The standard InChI is InChI=1S/C12H14N2S2/c1-7(6-13)12-14-11-8-4-5-15-9(8)2-3-10(11)16-12/h4-5,7H,2-3,6,13H2,1H3. The summed E-state index contributed by atoms with van der Waals surface area (Å²) in [4.78, 5) is 7.72. The highest BCUT2D eigenvalue weighted by Crippen LogP contribution is 2.40. The predicted octanol–water partition coefficient (Wildman–Crippen LogP) is 3.03. The fourth-order valence-corrected chi connectivity index (χ4v) is 4.06. The number of aryl methyl sites for hydroxylation is 2. The Morgan fingerprint density at radius 3 is 3.06 bits per heavy atom. The normalized spacial score (nSPS) is 15.6. The van der Waals surface area contributed by atoms with Crippen LogP contribution in [0.15, 0.2) is 11.4 Å². The second-order valence-electron chi connectivity index (χ2n) is 4.22. The van der Waals surface area contributed by atoms with Gasteiger partial charge >= 0.3 is 0 Å².